The standard InChI is InChI=1S/C10H8ClNO2S.BrH/c1-6-12(5-10(13)14)8-4-7(11)2-3-9(8)15-6;/h2-4H,5H2,1H3;1H. The Hall–Kier alpha value is -0.650. The van der Waals surface area contributed by atoms with E-state index in [1.54, 1.807) is 22.0 Å². The molecular formula is C10H9BrClNO2S. The summed E-state index contributed by atoms with van der Waals surface area (Å²) in [6.07, 6.45) is 0. The van der Waals surface area contributed by atoms with Crippen LogP contribution in [0.3, 0.4) is 0 Å². The number of carboxylic acid groups (broad SMARTS) is 1. The van der Waals surface area contributed by atoms with Gasteiger partial charge in [-0.3, -0.25) is 0 Å². The van der Waals surface area contributed by atoms with E-state index >= 15 is 0 Å². The number of hydrogen-bond donors (Lipinski definition) is 1. The predicted octanol–water partition coefficient (Wildman–Crippen LogP) is -0.761. The maximum Gasteiger partial charge on any atom is 0.370 e. The van der Waals surface area contributed by atoms with Crippen LogP contribution in [0.4, 0.5) is 0 Å². The van der Waals surface area contributed by atoms with Gasteiger partial charge in [0.15, 0.2) is 0 Å². The average molecular weight is 323 g/mol. The number of thiazole rings is 1. The molecule has 0 spiro atoms. The minimum Gasteiger partial charge on any atom is -1.00 e. The van der Waals surface area contributed by atoms with Gasteiger partial charge in [0.2, 0.25) is 17.1 Å². The molecule has 2 aromatic rings. The zero-order valence-corrected chi connectivity index (χ0v) is 11.6. The molecule has 0 unspecified atom stereocenters. The molecule has 16 heavy (non-hydrogen) atoms. The van der Waals surface area contributed by atoms with E-state index in [0.29, 0.717) is 5.02 Å². The summed E-state index contributed by atoms with van der Waals surface area (Å²) in [4.78, 5) is 10.7. The topological polar surface area (TPSA) is 41.2 Å². The number of nitrogens with zero attached hydrogens (tertiary/aromatic N) is 1. The summed E-state index contributed by atoms with van der Waals surface area (Å²) in [5.74, 6) is -0.845. The first kappa shape index (κ1) is 13.4. The second kappa shape index (κ2) is 5.12. The molecule has 1 heterocycles. The minimum atomic E-state index is -0.845. The Morgan fingerprint density at radius 2 is 2.25 bits per heavy atom. The third kappa shape index (κ3) is 2.53. The lowest BCUT2D eigenvalue weighted by atomic mass is 10.3. The van der Waals surface area contributed by atoms with Gasteiger partial charge in [-0.05, 0) is 12.1 Å². The number of benzene rings is 1. The second-order valence-electron chi connectivity index (χ2n) is 3.21. The molecule has 2 rings (SSSR count). The Morgan fingerprint density at radius 3 is 2.88 bits per heavy atom. The van der Waals surface area contributed by atoms with Crippen LogP contribution < -0.4 is 21.5 Å². The van der Waals surface area contributed by atoms with Gasteiger partial charge in [0, 0.05) is 18.0 Å². The Balaban J connectivity index is 0.00000128. The summed E-state index contributed by atoms with van der Waals surface area (Å²) >= 11 is 7.45. The maximum absolute atomic E-state index is 10.7. The third-order valence-electron chi connectivity index (χ3n) is 2.14. The number of aryl methyl sites for hydroxylation is 1. The fourth-order valence-electron chi connectivity index (χ4n) is 1.50. The molecule has 0 fully saturated rings. The first-order valence-electron chi connectivity index (χ1n) is 4.38. The molecule has 0 atom stereocenters. The number of halogens is 2. The number of hydrogen-bond acceptors (Lipinski definition) is 2. The van der Waals surface area contributed by atoms with Crippen molar-refractivity contribution in [2.75, 3.05) is 0 Å². The Kier molecular flexibility index (Phi) is 4.29. The molecule has 0 saturated carbocycles. The van der Waals surface area contributed by atoms with Crippen LogP contribution in [0.15, 0.2) is 18.2 Å². The summed E-state index contributed by atoms with van der Waals surface area (Å²) in [7, 11) is 0. The van der Waals surface area contributed by atoms with Crippen molar-refractivity contribution in [2.45, 2.75) is 13.5 Å². The highest BCUT2D eigenvalue weighted by atomic mass is 79.9. The van der Waals surface area contributed by atoms with E-state index in [4.69, 9.17) is 16.7 Å². The first-order chi connectivity index (χ1) is 7.08. The van der Waals surface area contributed by atoms with E-state index in [-0.39, 0.29) is 23.5 Å². The molecule has 0 aliphatic heterocycles. The molecule has 0 aliphatic carbocycles. The van der Waals surface area contributed by atoms with Crippen molar-refractivity contribution in [3.63, 3.8) is 0 Å². The predicted molar refractivity (Wildman–Crippen MR) is 59.4 cm³/mol. The van der Waals surface area contributed by atoms with Gasteiger partial charge in [0.25, 0.3) is 0 Å². The third-order valence-corrected chi connectivity index (χ3v) is 3.46. The SMILES string of the molecule is Cc1sc2ccc(Cl)cc2[n+]1CC(=O)O.[Br-]. The van der Waals surface area contributed by atoms with Gasteiger partial charge in [0.05, 0.1) is 0 Å². The molecule has 3 nitrogen and oxygen atoms in total. The lowest BCUT2D eigenvalue weighted by Gasteiger charge is -1.92. The first-order valence-corrected chi connectivity index (χ1v) is 5.57. The van der Waals surface area contributed by atoms with E-state index in [0.717, 1.165) is 15.2 Å². The van der Waals surface area contributed by atoms with E-state index in [1.807, 2.05) is 19.1 Å². The number of aliphatic carboxylic acids is 1. The fourth-order valence-corrected chi connectivity index (χ4v) is 2.67. The van der Waals surface area contributed by atoms with Gasteiger partial charge < -0.3 is 22.1 Å². The summed E-state index contributed by atoms with van der Waals surface area (Å²) in [6, 6.07) is 5.52. The van der Waals surface area contributed by atoms with Gasteiger partial charge in [0.1, 0.15) is 4.70 Å². The van der Waals surface area contributed by atoms with Crippen molar-refractivity contribution in [3.05, 3.63) is 28.2 Å². The smallest absolute Gasteiger partial charge is 0.370 e. The molecule has 1 aromatic carbocycles. The zero-order chi connectivity index (χ0) is 11.0. The van der Waals surface area contributed by atoms with Gasteiger partial charge in [-0.1, -0.05) is 22.9 Å². The normalized spacial score (nSPS) is 10.1. The molecule has 0 radical (unpaired) electrons. The van der Waals surface area contributed by atoms with Crippen LogP contribution in [-0.2, 0) is 11.3 Å². The Morgan fingerprint density at radius 1 is 1.56 bits per heavy atom. The summed E-state index contributed by atoms with van der Waals surface area (Å²) < 4.78 is 2.81. The minimum absolute atomic E-state index is 0. The maximum atomic E-state index is 10.7. The number of aromatic nitrogens is 1. The number of rotatable bonds is 2. The lowest BCUT2D eigenvalue weighted by molar-refractivity contribution is -0.661. The van der Waals surface area contributed by atoms with Crippen LogP contribution in [0, 0.1) is 6.92 Å². The van der Waals surface area contributed by atoms with Crippen molar-refractivity contribution < 1.29 is 31.4 Å². The van der Waals surface area contributed by atoms with Gasteiger partial charge in [-0.25, -0.2) is 4.79 Å². The molecule has 6 heteroatoms. The molecule has 0 saturated heterocycles. The average Bonchev–Trinajstić information content (AvgIpc) is 2.43. The van der Waals surface area contributed by atoms with Crippen molar-refractivity contribution in [2.24, 2.45) is 0 Å². The van der Waals surface area contributed by atoms with Crippen LogP contribution in [0.25, 0.3) is 10.2 Å². The van der Waals surface area contributed by atoms with Crippen LogP contribution in [0.5, 0.6) is 0 Å². The quantitative estimate of drug-likeness (QED) is 0.739. The summed E-state index contributed by atoms with van der Waals surface area (Å²) in [6.45, 7) is 1.88. The van der Waals surface area contributed by atoms with Gasteiger partial charge in [-0.2, -0.15) is 4.57 Å². The number of fused-ring (bicyclic) bond motifs is 1. The van der Waals surface area contributed by atoms with E-state index in [9.17, 15) is 4.79 Å². The molecule has 0 aliphatic rings. The summed E-state index contributed by atoms with van der Waals surface area (Å²) in [5, 5.41) is 10.4. The molecule has 86 valence electrons. The number of carbonyl (C=O) groups is 1. The highest BCUT2D eigenvalue weighted by Gasteiger charge is 2.19. The van der Waals surface area contributed by atoms with Crippen molar-refractivity contribution >= 4 is 39.1 Å². The lowest BCUT2D eigenvalue weighted by Crippen LogP contribution is -3.00. The zero-order valence-electron chi connectivity index (χ0n) is 8.41. The Labute approximate surface area is 112 Å². The highest BCUT2D eigenvalue weighted by Crippen LogP contribution is 2.23. The highest BCUT2D eigenvalue weighted by molar-refractivity contribution is 7.18. The Bertz CT molecular complexity index is 541. The van der Waals surface area contributed by atoms with Gasteiger partial charge >= 0.3 is 5.97 Å². The van der Waals surface area contributed by atoms with Crippen LogP contribution in [0.2, 0.25) is 5.02 Å². The summed E-state index contributed by atoms with van der Waals surface area (Å²) in [5.41, 5.74) is 0.882. The van der Waals surface area contributed by atoms with Gasteiger partial charge in [-0.15, -0.1) is 0 Å². The largest absolute Gasteiger partial charge is 1.00 e. The molecule has 0 amide bonds. The fraction of sp³-hybridized carbons (Fsp3) is 0.200. The number of carboxylic acids is 1. The van der Waals surface area contributed by atoms with E-state index < -0.39 is 5.97 Å². The van der Waals surface area contributed by atoms with E-state index in [2.05, 4.69) is 0 Å². The van der Waals surface area contributed by atoms with Crippen molar-refractivity contribution in [1.29, 1.82) is 0 Å². The molecular weight excluding hydrogens is 314 g/mol. The molecule has 1 aromatic heterocycles. The van der Waals surface area contributed by atoms with Crippen molar-refractivity contribution in [3.8, 4) is 0 Å². The van der Waals surface area contributed by atoms with Crippen LogP contribution >= 0.6 is 22.9 Å². The van der Waals surface area contributed by atoms with Crippen LogP contribution in [0.1, 0.15) is 5.01 Å². The van der Waals surface area contributed by atoms with E-state index in [1.165, 1.54) is 0 Å². The molecule has 1 N–H and O–H groups in total. The second-order valence-corrected chi connectivity index (χ2v) is 4.88. The molecule has 0 bridgehead atoms. The van der Waals surface area contributed by atoms with Crippen LogP contribution in [-0.4, -0.2) is 11.1 Å². The monoisotopic (exact) mass is 321 g/mol. The van der Waals surface area contributed by atoms with Crippen molar-refractivity contribution in [1.82, 2.24) is 0 Å².